The molecular formula is C30H38N4O3. The summed E-state index contributed by atoms with van der Waals surface area (Å²) < 4.78 is 5.89. The van der Waals surface area contributed by atoms with Crippen LogP contribution in [0.4, 0.5) is 0 Å². The Bertz CT molecular complexity index is 1110. The van der Waals surface area contributed by atoms with Gasteiger partial charge in [-0.25, -0.2) is 0 Å². The predicted octanol–water partition coefficient (Wildman–Crippen LogP) is 4.86. The Kier molecular flexibility index (Phi) is 8.50. The summed E-state index contributed by atoms with van der Waals surface area (Å²) in [6.07, 6.45) is 3.90. The van der Waals surface area contributed by atoms with Crippen molar-refractivity contribution >= 4 is 11.8 Å². The molecule has 7 nitrogen and oxygen atoms in total. The second-order valence-electron chi connectivity index (χ2n) is 10.7. The van der Waals surface area contributed by atoms with Crippen LogP contribution in [-0.4, -0.2) is 52.8 Å². The third-order valence-electron chi connectivity index (χ3n) is 7.48. The zero-order chi connectivity index (χ0) is 26.4. The maximum atomic E-state index is 13.4. The van der Waals surface area contributed by atoms with Gasteiger partial charge in [0.15, 0.2) is 0 Å². The van der Waals surface area contributed by atoms with Crippen LogP contribution < -0.4 is 10.1 Å². The molecule has 2 fully saturated rings. The minimum atomic E-state index is -0.727. The van der Waals surface area contributed by atoms with Crippen LogP contribution in [0.15, 0.2) is 48.5 Å². The number of hydrogen-bond donors (Lipinski definition) is 1. The average molecular weight is 503 g/mol. The number of nitrogens with zero attached hydrogens (tertiary/aromatic N) is 3. The first-order chi connectivity index (χ1) is 17.8. The lowest BCUT2D eigenvalue weighted by Crippen LogP contribution is -2.73. The number of benzene rings is 2. The molecule has 7 heteroatoms. The van der Waals surface area contributed by atoms with E-state index in [0.717, 1.165) is 38.2 Å². The number of nitriles is 1. The first-order valence-corrected chi connectivity index (χ1v) is 13.5. The molecule has 1 N–H and O–H groups in total. The molecule has 2 aromatic rings. The normalized spacial score (nSPS) is 19.6. The monoisotopic (exact) mass is 502 g/mol. The summed E-state index contributed by atoms with van der Waals surface area (Å²) >= 11 is 0. The minimum Gasteiger partial charge on any atom is -0.457 e. The average Bonchev–Trinajstić information content (AvgIpc) is 2.90. The number of ether oxygens (including phenoxy) is 1. The number of carbonyl (C=O) groups is 2. The third kappa shape index (κ3) is 6.14. The van der Waals surface area contributed by atoms with Crippen molar-refractivity contribution in [2.75, 3.05) is 19.6 Å². The van der Waals surface area contributed by atoms with E-state index in [-0.39, 0.29) is 11.8 Å². The van der Waals surface area contributed by atoms with E-state index in [0.29, 0.717) is 43.0 Å². The highest BCUT2D eigenvalue weighted by Crippen LogP contribution is 2.35. The van der Waals surface area contributed by atoms with Crippen LogP contribution in [0.2, 0.25) is 0 Å². The highest BCUT2D eigenvalue weighted by Gasteiger charge is 2.53. The van der Waals surface area contributed by atoms with Gasteiger partial charge in [0.05, 0.1) is 11.6 Å². The van der Waals surface area contributed by atoms with Crippen molar-refractivity contribution in [2.24, 2.45) is 5.92 Å². The first kappa shape index (κ1) is 26.7. The van der Waals surface area contributed by atoms with E-state index in [2.05, 4.69) is 49.2 Å². The summed E-state index contributed by atoms with van der Waals surface area (Å²) in [5.41, 5.74) is 1.05. The van der Waals surface area contributed by atoms with E-state index < -0.39 is 11.6 Å². The van der Waals surface area contributed by atoms with Gasteiger partial charge in [-0.3, -0.25) is 14.5 Å². The highest BCUT2D eigenvalue weighted by molar-refractivity contribution is 6.00. The van der Waals surface area contributed by atoms with Crippen molar-refractivity contribution in [1.82, 2.24) is 15.1 Å². The molecule has 0 radical (unpaired) electrons. The number of piperidine rings is 1. The molecule has 196 valence electrons. The molecule has 0 saturated carbocycles. The summed E-state index contributed by atoms with van der Waals surface area (Å²) in [6.45, 7) is 9.26. The SMILES string of the molecule is CCCCN1C(=O)[C@H](CC(C)C)NC(=O)C12CCN(Cc1ccc(Oc3ccc(C#N)cc3)cc1)CC2. The van der Waals surface area contributed by atoms with Crippen molar-refractivity contribution < 1.29 is 14.3 Å². The summed E-state index contributed by atoms with van der Waals surface area (Å²) in [5.74, 6) is 1.90. The maximum absolute atomic E-state index is 13.4. The molecule has 2 aromatic carbocycles. The molecule has 1 atom stereocenters. The molecule has 0 bridgehead atoms. The quantitative estimate of drug-likeness (QED) is 0.529. The van der Waals surface area contributed by atoms with Crippen LogP contribution in [-0.2, 0) is 16.1 Å². The van der Waals surface area contributed by atoms with E-state index in [4.69, 9.17) is 10.00 Å². The van der Waals surface area contributed by atoms with Crippen LogP contribution >= 0.6 is 0 Å². The lowest BCUT2D eigenvalue weighted by molar-refractivity contribution is -0.161. The Morgan fingerprint density at radius 3 is 2.24 bits per heavy atom. The number of unbranched alkanes of at least 4 members (excludes halogenated alkanes) is 1. The van der Waals surface area contributed by atoms with Crippen LogP contribution in [0.3, 0.4) is 0 Å². The van der Waals surface area contributed by atoms with Crippen molar-refractivity contribution in [3.05, 3.63) is 59.7 Å². The number of rotatable bonds is 9. The van der Waals surface area contributed by atoms with E-state index >= 15 is 0 Å². The molecule has 2 amide bonds. The smallest absolute Gasteiger partial charge is 0.246 e. The van der Waals surface area contributed by atoms with E-state index in [1.165, 1.54) is 5.56 Å². The third-order valence-corrected chi connectivity index (χ3v) is 7.48. The predicted molar refractivity (Wildman–Crippen MR) is 143 cm³/mol. The Balaban J connectivity index is 1.37. The van der Waals surface area contributed by atoms with Gasteiger partial charge in [0, 0.05) is 26.2 Å². The van der Waals surface area contributed by atoms with Crippen LogP contribution in [0.1, 0.15) is 64.0 Å². The number of amides is 2. The fraction of sp³-hybridized carbons (Fsp3) is 0.500. The molecular weight excluding hydrogens is 464 g/mol. The summed E-state index contributed by atoms with van der Waals surface area (Å²) in [5, 5.41) is 12.0. The number of nitrogens with one attached hydrogen (secondary N) is 1. The zero-order valence-corrected chi connectivity index (χ0v) is 22.2. The summed E-state index contributed by atoms with van der Waals surface area (Å²) in [6, 6.07) is 16.8. The van der Waals surface area contributed by atoms with Crippen LogP contribution in [0, 0.1) is 17.2 Å². The van der Waals surface area contributed by atoms with Gasteiger partial charge >= 0.3 is 0 Å². The van der Waals surface area contributed by atoms with E-state index in [1.807, 2.05) is 17.0 Å². The highest BCUT2D eigenvalue weighted by atomic mass is 16.5. The lowest BCUT2D eigenvalue weighted by atomic mass is 9.80. The molecule has 0 unspecified atom stereocenters. The second kappa shape index (κ2) is 11.8. The summed E-state index contributed by atoms with van der Waals surface area (Å²) in [4.78, 5) is 31.1. The standard InChI is InChI=1S/C30H38N4O3/c1-4-5-16-34-28(35)27(19-22(2)3)32-29(36)30(34)14-17-33(18-15-30)21-24-8-12-26(13-9-24)37-25-10-6-23(20-31)7-11-25/h6-13,22,27H,4-5,14-19,21H2,1-3H3,(H,32,36)/t27-/m0/s1. The van der Waals surface area contributed by atoms with Crippen molar-refractivity contribution in [3.63, 3.8) is 0 Å². The number of hydrogen-bond acceptors (Lipinski definition) is 5. The lowest BCUT2D eigenvalue weighted by Gasteiger charge is -2.52. The van der Waals surface area contributed by atoms with Gasteiger partial charge in [-0.2, -0.15) is 5.26 Å². The number of carbonyl (C=O) groups excluding carboxylic acids is 2. The maximum Gasteiger partial charge on any atom is 0.246 e. The van der Waals surface area contributed by atoms with Gasteiger partial charge in [-0.05, 0) is 73.6 Å². The van der Waals surface area contributed by atoms with Gasteiger partial charge < -0.3 is 15.0 Å². The molecule has 1 spiro atoms. The molecule has 2 aliphatic heterocycles. The van der Waals surface area contributed by atoms with Gasteiger partial charge in [0.1, 0.15) is 23.1 Å². The molecule has 2 aliphatic rings. The molecule has 2 saturated heterocycles. The van der Waals surface area contributed by atoms with Crippen LogP contribution in [0.25, 0.3) is 0 Å². The fourth-order valence-electron chi connectivity index (χ4n) is 5.38. The Morgan fingerprint density at radius 2 is 1.68 bits per heavy atom. The van der Waals surface area contributed by atoms with Crippen molar-refractivity contribution in [3.8, 4) is 17.6 Å². The molecule has 37 heavy (non-hydrogen) atoms. The van der Waals surface area contributed by atoms with Gasteiger partial charge in [0.25, 0.3) is 0 Å². The van der Waals surface area contributed by atoms with Crippen molar-refractivity contribution in [2.45, 2.75) is 71.0 Å². The number of piperazine rings is 1. The first-order valence-electron chi connectivity index (χ1n) is 13.5. The van der Waals surface area contributed by atoms with E-state index in [9.17, 15) is 9.59 Å². The molecule has 2 heterocycles. The van der Waals surface area contributed by atoms with Crippen LogP contribution in [0.5, 0.6) is 11.5 Å². The van der Waals surface area contributed by atoms with Crippen molar-refractivity contribution in [1.29, 1.82) is 5.26 Å². The summed E-state index contributed by atoms with van der Waals surface area (Å²) in [7, 11) is 0. The van der Waals surface area contributed by atoms with Gasteiger partial charge in [-0.15, -0.1) is 0 Å². The molecule has 4 rings (SSSR count). The molecule has 0 aromatic heterocycles. The molecule has 0 aliphatic carbocycles. The van der Waals surface area contributed by atoms with Gasteiger partial charge in [0.2, 0.25) is 11.8 Å². The Hall–Kier alpha value is -3.37. The fourth-order valence-corrected chi connectivity index (χ4v) is 5.38. The topological polar surface area (TPSA) is 85.7 Å². The second-order valence-corrected chi connectivity index (χ2v) is 10.7. The zero-order valence-electron chi connectivity index (χ0n) is 22.2. The largest absolute Gasteiger partial charge is 0.457 e. The minimum absolute atomic E-state index is 0.0257. The van der Waals surface area contributed by atoms with E-state index in [1.54, 1.807) is 24.3 Å². The van der Waals surface area contributed by atoms with Gasteiger partial charge in [-0.1, -0.05) is 39.3 Å². The number of likely N-dealkylation sites (tertiary alicyclic amines) is 1. The Labute approximate surface area is 220 Å². The Morgan fingerprint density at radius 1 is 1.05 bits per heavy atom.